The lowest BCUT2D eigenvalue weighted by atomic mass is 9.65. The zero-order chi connectivity index (χ0) is 32.9. The molecular formula is C36H39N3O8. The summed E-state index contributed by atoms with van der Waals surface area (Å²) in [5.41, 5.74) is 4.70. The third kappa shape index (κ3) is 5.27. The molecule has 0 saturated carbocycles. The van der Waals surface area contributed by atoms with Crippen LogP contribution < -0.4 is 28.4 Å². The lowest BCUT2D eigenvalue weighted by molar-refractivity contribution is -0.141. The summed E-state index contributed by atoms with van der Waals surface area (Å²) in [6, 6.07) is 15.6. The molecule has 3 aromatic carbocycles. The Bertz CT molecular complexity index is 1780. The topological polar surface area (TPSA) is 112 Å². The summed E-state index contributed by atoms with van der Waals surface area (Å²) in [6.45, 7) is 7.26. The number of cyclic esters (lactones) is 1. The fourth-order valence-corrected chi connectivity index (χ4v) is 7.03. The van der Waals surface area contributed by atoms with E-state index in [0.717, 1.165) is 28.9 Å². The fourth-order valence-electron chi connectivity index (χ4n) is 7.03. The van der Waals surface area contributed by atoms with Gasteiger partial charge >= 0.3 is 5.97 Å². The maximum absolute atomic E-state index is 13.6. The zero-order valence-corrected chi connectivity index (χ0v) is 27.4. The third-order valence-electron chi connectivity index (χ3n) is 9.94. The first-order chi connectivity index (χ1) is 22.8. The number of nitrogens with zero attached hydrogens (tertiary/aromatic N) is 3. The summed E-state index contributed by atoms with van der Waals surface area (Å²) in [7, 11) is 4.71. The van der Waals surface area contributed by atoms with Crippen LogP contribution in [0.4, 0.5) is 0 Å². The molecule has 3 heterocycles. The lowest BCUT2D eigenvalue weighted by Gasteiger charge is -2.39. The van der Waals surface area contributed by atoms with Crippen LogP contribution in [0.25, 0.3) is 0 Å². The number of esters is 1. The Morgan fingerprint density at radius 1 is 0.915 bits per heavy atom. The van der Waals surface area contributed by atoms with Crippen LogP contribution in [-0.4, -0.2) is 55.7 Å². The fraction of sp³-hybridized carbons (Fsp3) is 0.417. The molecule has 246 valence electrons. The molecule has 0 bridgehead atoms. The second-order valence-corrected chi connectivity index (χ2v) is 12.8. The molecule has 4 atom stereocenters. The highest BCUT2D eigenvalue weighted by molar-refractivity contribution is 5.79. The van der Waals surface area contributed by atoms with Gasteiger partial charge in [0.25, 0.3) is 0 Å². The van der Waals surface area contributed by atoms with Crippen LogP contribution in [-0.2, 0) is 21.6 Å². The van der Waals surface area contributed by atoms with Crippen molar-refractivity contribution in [3.63, 3.8) is 0 Å². The molecule has 11 nitrogen and oxygen atoms in total. The van der Waals surface area contributed by atoms with Crippen LogP contribution in [0, 0.1) is 11.8 Å². The number of ether oxygens (including phenoxy) is 7. The predicted molar refractivity (Wildman–Crippen MR) is 171 cm³/mol. The van der Waals surface area contributed by atoms with Gasteiger partial charge in [0.15, 0.2) is 23.0 Å². The minimum Gasteiger partial charge on any atom is -0.493 e. The summed E-state index contributed by atoms with van der Waals surface area (Å²) in [5.74, 6) is 2.05. The van der Waals surface area contributed by atoms with Crippen molar-refractivity contribution in [3.05, 3.63) is 82.7 Å². The van der Waals surface area contributed by atoms with Gasteiger partial charge in [-0.15, -0.1) is 5.10 Å². The van der Waals surface area contributed by atoms with E-state index in [1.807, 2.05) is 47.3 Å². The Kier molecular flexibility index (Phi) is 7.85. The standard InChI is InChI=1S/C36H39N3O8/c1-7-36(2,3)21-8-10-23(11-9-21)44-17-22-16-39(38-37-22)33-25-15-28-27(46-19-47-28)14-24(25)31(32-26(33)18-45-35(32)40)20-12-29(41-4)34(43-6)30(13-20)42-5/h8-16,26,31-33H,7,17-19H2,1-6H3/t26-,31+,32-,33+/m0/s1. The Balaban J connectivity index is 1.26. The summed E-state index contributed by atoms with van der Waals surface area (Å²) in [4.78, 5) is 13.6. The minimum atomic E-state index is -0.523. The molecule has 3 aliphatic rings. The van der Waals surface area contributed by atoms with Crippen molar-refractivity contribution >= 4 is 5.97 Å². The third-order valence-corrected chi connectivity index (χ3v) is 9.94. The van der Waals surface area contributed by atoms with Crippen LogP contribution in [0.5, 0.6) is 34.5 Å². The SMILES string of the molecule is CCC(C)(C)c1ccc(OCc2cn([C@@H]3c4cc5c(cc4[C@@H](c4cc(OC)c(OC)c(OC)c4)[C@H]4C(=O)OC[C@@H]43)OCO5)nn2)cc1. The average Bonchev–Trinajstić information content (AvgIpc) is 3.85. The average molecular weight is 642 g/mol. The number of hydrogen-bond donors (Lipinski definition) is 0. The maximum atomic E-state index is 13.6. The number of carbonyl (C=O) groups excluding carboxylic acids is 1. The van der Waals surface area contributed by atoms with Gasteiger partial charge in [-0.25, -0.2) is 4.68 Å². The summed E-state index contributed by atoms with van der Waals surface area (Å²) in [5, 5.41) is 9.01. The molecule has 0 unspecified atom stereocenters. The van der Waals surface area contributed by atoms with Gasteiger partial charge in [0.2, 0.25) is 12.5 Å². The normalized spacial score (nSPS) is 21.1. The van der Waals surface area contributed by atoms with Gasteiger partial charge in [0.1, 0.15) is 18.1 Å². The number of fused-ring (bicyclic) bond motifs is 3. The van der Waals surface area contributed by atoms with E-state index < -0.39 is 11.8 Å². The highest BCUT2D eigenvalue weighted by Gasteiger charge is 2.53. The predicted octanol–water partition coefficient (Wildman–Crippen LogP) is 5.82. The van der Waals surface area contributed by atoms with Crippen molar-refractivity contribution in [2.75, 3.05) is 34.7 Å². The van der Waals surface area contributed by atoms with E-state index in [9.17, 15) is 4.79 Å². The van der Waals surface area contributed by atoms with Crippen molar-refractivity contribution in [2.24, 2.45) is 11.8 Å². The molecule has 1 fully saturated rings. The highest BCUT2D eigenvalue weighted by atomic mass is 16.7. The largest absolute Gasteiger partial charge is 0.493 e. The molecule has 4 aromatic rings. The molecule has 0 amide bonds. The summed E-state index contributed by atoms with van der Waals surface area (Å²) in [6.07, 6.45) is 2.93. The Morgan fingerprint density at radius 2 is 1.60 bits per heavy atom. The summed E-state index contributed by atoms with van der Waals surface area (Å²) < 4.78 is 42.3. The van der Waals surface area contributed by atoms with Crippen molar-refractivity contribution in [2.45, 2.75) is 51.2 Å². The Hall–Kier alpha value is -4.93. The van der Waals surface area contributed by atoms with Crippen molar-refractivity contribution in [1.82, 2.24) is 15.0 Å². The van der Waals surface area contributed by atoms with E-state index in [-0.39, 0.29) is 43.4 Å². The zero-order valence-electron chi connectivity index (χ0n) is 27.4. The van der Waals surface area contributed by atoms with Crippen LogP contribution in [0.2, 0.25) is 0 Å². The number of benzene rings is 3. The Labute approximate surface area is 273 Å². The molecule has 1 aromatic heterocycles. The molecule has 11 heteroatoms. The number of aromatic nitrogens is 3. The molecule has 7 rings (SSSR count). The molecule has 1 saturated heterocycles. The second-order valence-electron chi connectivity index (χ2n) is 12.8. The first-order valence-corrected chi connectivity index (χ1v) is 15.8. The molecule has 2 aliphatic heterocycles. The van der Waals surface area contributed by atoms with Gasteiger partial charge in [-0.2, -0.15) is 0 Å². The first-order valence-electron chi connectivity index (χ1n) is 15.8. The lowest BCUT2D eigenvalue weighted by Crippen LogP contribution is -2.37. The molecule has 1 aliphatic carbocycles. The van der Waals surface area contributed by atoms with Crippen molar-refractivity contribution in [3.8, 4) is 34.5 Å². The summed E-state index contributed by atoms with van der Waals surface area (Å²) >= 11 is 0. The van der Waals surface area contributed by atoms with Crippen molar-refractivity contribution < 1.29 is 38.0 Å². The van der Waals surface area contributed by atoms with Gasteiger partial charge in [-0.1, -0.05) is 38.1 Å². The van der Waals surface area contributed by atoms with Crippen molar-refractivity contribution in [1.29, 1.82) is 0 Å². The molecule has 0 spiro atoms. The van der Waals surface area contributed by atoms with Gasteiger partial charge in [-0.3, -0.25) is 4.79 Å². The maximum Gasteiger partial charge on any atom is 0.310 e. The van der Waals surface area contributed by atoms with Gasteiger partial charge in [0.05, 0.1) is 46.1 Å². The number of methoxy groups -OCH3 is 3. The van der Waals surface area contributed by atoms with Crippen LogP contribution in [0.3, 0.4) is 0 Å². The van der Waals surface area contributed by atoms with Crippen LogP contribution >= 0.6 is 0 Å². The van der Waals surface area contributed by atoms with E-state index in [4.69, 9.17) is 33.2 Å². The monoisotopic (exact) mass is 641 g/mol. The van der Waals surface area contributed by atoms with E-state index in [2.05, 4.69) is 43.2 Å². The Morgan fingerprint density at radius 3 is 2.23 bits per heavy atom. The number of carbonyl (C=O) groups is 1. The highest BCUT2D eigenvalue weighted by Crippen LogP contribution is 2.56. The van der Waals surface area contributed by atoms with Gasteiger partial charge in [0, 0.05) is 11.8 Å². The molecular weight excluding hydrogens is 602 g/mol. The van der Waals surface area contributed by atoms with E-state index in [0.29, 0.717) is 34.4 Å². The number of hydrogen-bond acceptors (Lipinski definition) is 10. The quantitative estimate of drug-likeness (QED) is 0.196. The van der Waals surface area contributed by atoms with Gasteiger partial charge in [-0.05, 0) is 70.5 Å². The first kappa shape index (κ1) is 30.7. The van der Waals surface area contributed by atoms with Crippen LogP contribution in [0.15, 0.2) is 54.7 Å². The van der Waals surface area contributed by atoms with E-state index in [1.165, 1.54) is 5.56 Å². The van der Waals surface area contributed by atoms with E-state index >= 15 is 0 Å². The molecule has 47 heavy (non-hydrogen) atoms. The number of rotatable bonds is 10. The van der Waals surface area contributed by atoms with E-state index in [1.54, 1.807) is 21.3 Å². The van der Waals surface area contributed by atoms with Gasteiger partial charge < -0.3 is 33.2 Å². The smallest absolute Gasteiger partial charge is 0.310 e. The molecule has 0 radical (unpaired) electrons. The minimum absolute atomic E-state index is 0.0997. The second kappa shape index (κ2) is 12.0. The van der Waals surface area contributed by atoms with Crippen LogP contribution in [0.1, 0.15) is 67.1 Å². The molecule has 0 N–H and O–H groups in total.